The Bertz CT molecular complexity index is 693. The van der Waals surface area contributed by atoms with Crippen LogP contribution < -0.4 is 10.6 Å². The first-order valence-corrected chi connectivity index (χ1v) is 8.30. The van der Waals surface area contributed by atoms with Gasteiger partial charge < -0.3 is 15.4 Å². The largest absolute Gasteiger partial charge is 0.416 e. The van der Waals surface area contributed by atoms with Gasteiger partial charge in [0.05, 0.1) is 18.7 Å². The lowest BCUT2D eigenvalue weighted by Gasteiger charge is -2.06. The Hall–Kier alpha value is -1.68. The summed E-state index contributed by atoms with van der Waals surface area (Å²) in [7, 11) is 1.58. The fourth-order valence-corrected chi connectivity index (χ4v) is 2.86. The second kappa shape index (κ2) is 10.5. The Balaban J connectivity index is 0.00000338. The molecule has 0 aliphatic heterocycles. The van der Waals surface area contributed by atoms with Crippen LogP contribution in [0.3, 0.4) is 0 Å². The lowest BCUT2D eigenvalue weighted by Crippen LogP contribution is -2.30. The van der Waals surface area contributed by atoms with Crippen LogP contribution in [0.2, 0.25) is 0 Å². The Morgan fingerprint density at radius 2 is 1.96 bits per heavy atom. The molecule has 1 aromatic heterocycles. The molecular weight excluding hydrogens is 391 g/mol. The predicted octanol–water partition coefficient (Wildman–Crippen LogP) is 3.35. The van der Waals surface area contributed by atoms with Crippen LogP contribution in [-0.4, -0.2) is 37.7 Å². The number of amides is 1. The van der Waals surface area contributed by atoms with E-state index in [1.807, 2.05) is 0 Å². The minimum atomic E-state index is -4.34. The van der Waals surface area contributed by atoms with Crippen LogP contribution in [0.25, 0.3) is 0 Å². The molecule has 0 spiro atoms. The van der Waals surface area contributed by atoms with Gasteiger partial charge in [-0.15, -0.1) is 23.7 Å². The average molecular weight is 410 g/mol. The van der Waals surface area contributed by atoms with E-state index in [9.17, 15) is 18.0 Å². The minimum Gasteiger partial charge on any atom is -0.383 e. The quantitative estimate of drug-likeness (QED) is 0.656. The Morgan fingerprint density at radius 3 is 2.58 bits per heavy atom. The fraction of sp³-hybridized carbons (Fsp3) is 0.375. The summed E-state index contributed by atoms with van der Waals surface area (Å²) in [4.78, 5) is 16.7. The van der Waals surface area contributed by atoms with Crippen molar-refractivity contribution in [2.75, 3.05) is 32.1 Å². The number of carbonyl (C=O) groups excluding carboxylic acids is 1. The second-order valence-corrected chi connectivity index (χ2v) is 6.34. The van der Waals surface area contributed by atoms with E-state index in [-0.39, 0.29) is 24.9 Å². The number of methoxy groups -OCH3 is 1. The average Bonchev–Trinajstić information content (AvgIpc) is 2.98. The molecule has 0 saturated carbocycles. The summed E-state index contributed by atoms with van der Waals surface area (Å²) in [5.74, 6) is -0.216. The molecule has 0 saturated heterocycles. The van der Waals surface area contributed by atoms with Gasteiger partial charge in [-0.25, -0.2) is 4.98 Å². The van der Waals surface area contributed by atoms with E-state index in [0.717, 1.165) is 22.6 Å². The van der Waals surface area contributed by atoms with Gasteiger partial charge in [-0.2, -0.15) is 13.2 Å². The molecule has 2 aromatic rings. The van der Waals surface area contributed by atoms with E-state index in [1.165, 1.54) is 23.5 Å². The first-order chi connectivity index (χ1) is 11.9. The molecule has 1 heterocycles. The fourth-order valence-electron chi connectivity index (χ4n) is 2.00. The monoisotopic (exact) mass is 409 g/mol. The minimum absolute atomic E-state index is 0. The summed E-state index contributed by atoms with van der Waals surface area (Å²) < 4.78 is 42.5. The number of hydrogen-bond donors (Lipinski definition) is 2. The first-order valence-electron chi connectivity index (χ1n) is 7.49. The molecule has 1 aromatic carbocycles. The zero-order valence-electron chi connectivity index (χ0n) is 13.9. The zero-order chi connectivity index (χ0) is 18.3. The van der Waals surface area contributed by atoms with Crippen molar-refractivity contribution in [2.45, 2.75) is 12.6 Å². The molecule has 0 unspecified atom stereocenters. The van der Waals surface area contributed by atoms with Gasteiger partial charge in [-0.1, -0.05) is 12.1 Å². The van der Waals surface area contributed by atoms with Crippen LogP contribution in [0.1, 0.15) is 16.0 Å². The number of rotatable bonds is 8. The topological polar surface area (TPSA) is 63.2 Å². The number of nitrogens with one attached hydrogen (secondary N) is 2. The van der Waals surface area contributed by atoms with E-state index in [0.29, 0.717) is 24.7 Å². The molecule has 0 fully saturated rings. The maximum Gasteiger partial charge on any atom is 0.416 e. The zero-order valence-corrected chi connectivity index (χ0v) is 15.6. The summed E-state index contributed by atoms with van der Waals surface area (Å²) in [5.41, 5.74) is 0.0743. The van der Waals surface area contributed by atoms with Crippen LogP contribution in [-0.2, 0) is 22.1 Å². The molecule has 0 aliphatic rings. The molecule has 0 atom stereocenters. The number of alkyl halides is 3. The number of halogens is 4. The highest BCUT2D eigenvalue weighted by atomic mass is 35.5. The summed E-state index contributed by atoms with van der Waals surface area (Å²) in [6.07, 6.45) is -2.27. The highest BCUT2D eigenvalue weighted by Gasteiger charge is 2.29. The summed E-state index contributed by atoms with van der Waals surface area (Å²) in [6.45, 7) is 1.24. The van der Waals surface area contributed by atoms with Crippen LogP contribution in [0.5, 0.6) is 0 Å². The highest BCUT2D eigenvalue weighted by molar-refractivity contribution is 7.15. The maximum atomic E-state index is 12.5. The number of thiazole rings is 1. The molecule has 10 heteroatoms. The molecule has 0 radical (unpaired) electrons. The Morgan fingerprint density at radius 1 is 1.27 bits per heavy atom. The van der Waals surface area contributed by atoms with Crippen molar-refractivity contribution in [3.63, 3.8) is 0 Å². The van der Waals surface area contributed by atoms with Crippen molar-refractivity contribution in [3.8, 4) is 0 Å². The third kappa shape index (κ3) is 7.28. The lowest BCUT2D eigenvalue weighted by molar-refractivity contribution is -0.137. The van der Waals surface area contributed by atoms with E-state index in [2.05, 4.69) is 15.6 Å². The number of anilines is 1. The van der Waals surface area contributed by atoms with E-state index in [4.69, 9.17) is 4.74 Å². The van der Waals surface area contributed by atoms with Crippen LogP contribution in [0, 0.1) is 0 Å². The lowest BCUT2D eigenvalue weighted by atomic mass is 10.1. The van der Waals surface area contributed by atoms with E-state index >= 15 is 0 Å². The van der Waals surface area contributed by atoms with Gasteiger partial charge in [0.1, 0.15) is 0 Å². The molecule has 1 amide bonds. The number of benzene rings is 1. The molecule has 0 bridgehead atoms. The second-order valence-electron chi connectivity index (χ2n) is 5.22. The standard InChI is InChI=1S/C16H18F3N3O2S.ClH/c1-24-7-6-20-10-14(23)22-15-21-9-13(25-15)8-11-2-4-12(5-3-11)16(17,18)19;/h2-5,9,20H,6-8,10H2,1H3,(H,21,22,23);1H. The van der Waals surface area contributed by atoms with Crippen molar-refractivity contribution >= 4 is 34.8 Å². The third-order valence-corrected chi connectivity index (χ3v) is 4.14. The Labute approximate surface area is 159 Å². The van der Waals surface area contributed by atoms with Gasteiger partial charge >= 0.3 is 6.18 Å². The number of carbonyl (C=O) groups is 1. The van der Waals surface area contributed by atoms with Crippen LogP contribution in [0.15, 0.2) is 30.5 Å². The summed E-state index contributed by atoms with van der Waals surface area (Å²) in [5, 5.41) is 6.05. The van der Waals surface area contributed by atoms with Gasteiger partial charge in [0, 0.05) is 31.1 Å². The smallest absolute Gasteiger partial charge is 0.383 e. The number of ether oxygens (including phenoxy) is 1. The molecule has 2 N–H and O–H groups in total. The number of nitrogens with zero attached hydrogens (tertiary/aromatic N) is 1. The van der Waals surface area contributed by atoms with Crippen molar-refractivity contribution < 1.29 is 22.7 Å². The van der Waals surface area contributed by atoms with Crippen molar-refractivity contribution in [1.82, 2.24) is 10.3 Å². The Kier molecular flexibility index (Phi) is 9.00. The van der Waals surface area contributed by atoms with E-state index < -0.39 is 11.7 Å². The molecular formula is C16H19ClF3N3O2S. The summed E-state index contributed by atoms with van der Waals surface area (Å²) in [6, 6.07) is 5.01. The molecule has 144 valence electrons. The van der Waals surface area contributed by atoms with Gasteiger partial charge in [0.25, 0.3) is 0 Å². The summed E-state index contributed by atoms with van der Waals surface area (Å²) >= 11 is 1.29. The molecule has 5 nitrogen and oxygen atoms in total. The van der Waals surface area contributed by atoms with Gasteiger partial charge in [0.15, 0.2) is 5.13 Å². The maximum absolute atomic E-state index is 12.5. The van der Waals surface area contributed by atoms with E-state index in [1.54, 1.807) is 13.3 Å². The van der Waals surface area contributed by atoms with Gasteiger partial charge in [-0.05, 0) is 17.7 Å². The van der Waals surface area contributed by atoms with Crippen molar-refractivity contribution in [1.29, 1.82) is 0 Å². The number of aromatic nitrogens is 1. The van der Waals surface area contributed by atoms with Crippen molar-refractivity contribution in [2.24, 2.45) is 0 Å². The molecule has 0 aliphatic carbocycles. The predicted molar refractivity (Wildman–Crippen MR) is 97.0 cm³/mol. The third-order valence-electron chi connectivity index (χ3n) is 3.23. The van der Waals surface area contributed by atoms with Gasteiger partial charge in [0.2, 0.25) is 5.91 Å². The normalized spacial score (nSPS) is 11.1. The first kappa shape index (κ1) is 22.4. The SMILES string of the molecule is COCCNCC(=O)Nc1ncc(Cc2ccc(C(F)(F)F)cc2)s1.Cl. The highest BCUT2D eigenvalue weighted by Crippen LogP contribution is 2.29. The van der Waals surface area contributed by atoms with Crippen LogP contribution >= 0.6 is 23.7 Å². The van der Waals surface area contributed by atoms with Crippen LogP contribution in [0.4, 0.5) is 18.3 Å². The number of hydrogen-bond acceptors (Lipinski definition) is 5. The van der Waals surface area contributed by atoms with Gasteiger partial charge in [-0.3, -0.25) is 4.79 Å². The molecule has 26 heavy (non-hydrogen) atoms. The molecule has 2 rings (SSSR count). The van der Waals surface area contributed by atoms with Crippen molar-refractivity contribution in [3.05, 3.63) is 46.5 Å².